The fourth-order valence-corrected chi connectivity index (χ4v) is 2.96. The number of esters is 1. The van der Waals surface area contributed by atoms with Crippen LogP contribution in [0.2, 0.25) is 0 Å². The Labute approximate surface area is 194 Å². The molecule has 2 aromatic rings. The van der Waals surface area contributed by atoms with Crippen LogP contribution in [0.25, 0.3) is 0 Å². The number of amides is 2. The van der Waals surface area contributed by atoms with E-state index in [9.17, 15) is 32.7 Å². The maximum Gasteiger partial charge on any atom is 0.416 e. The van der Waals surface area contributed by atoms with Crippen LogP contribution in [0.15, 0.2) is 54.6 Å². The third-order valence-corrected chi connectivity index (χ3v) is 4.63. The molecule has 0 spiro atoms. The van der Waals surface area contributed by atoms with Crippen molar-refractivity contribution in [3.05, 3.63) is 71.3 Å². The van der Waals surface area contributed by atoms with E-state index in [1.165, 1.54) is 12.1 Å². The summed E-state index contributed by atoms with van der Waals surface area (Å²) in [4.78, 5) is 36.0. The van der Waals surface area contributed by atoms with Crippen LogP contribution in [-0.2, 0) is 38.3 Å². The van der Waals surface area contributed by atoms with Gasteiger partial charge in [0.05, 0.1) is 25.2 Å². The number of ether oxygens (including phenoxy) is 2. The molecular formula is C23H25F3N2O6. The molecule has 8 nitrogen and oxygen atoms in total. The molecule has 0 aromatic heterocycles. The van der Waals surface area contributed by atoms with Gasteiger partial charge in [0.15, 0.2) is 0 Å². The zero-order valence-corrected chi connectivity index (χ0v) is 18.3. The summed E-state index contributed by atoms with van der Waals surface area (Å²) in [7, 11) is 1.08. The van der Waals surface area contributed by atoms with E-state index in [1.807, 2.05) is 6.07 Å². The van der Waals surface area contributed by atoms with E-state index < -0.39 is 48.3 Å². The van der Waals surface area contributed by atoms with Crippen molar-refractivity contribution in [3.8, 4) is 0 Å². The van der Waals surface area contributed by atoms with E-state index in [0.29, 0.717) is 0 Å². The summed E-state index contributed by atoms with van der Waals surface area (Å²) in [5.74, 6) is -1.61. The van der Waals surface area contributed by atoms with E-state index in [-0.39, 0.29) is 25.1 Å². The highest BCUT2D eigenvalue weighted by Crippen LogP contribution is 2.29. The highest BCUT2D eigenvalue weighted by atomic mass is 19.4. The molecular weight excluding hydrogens is 457 g/mol. The van der Waals surface area contributed by atoms with Gasteiger partial charge in [-0.05, 0) is 17.2 Å². The minimum atomic E-state index is -4.56. The summed E-state index contributed by atoms with van der Waals surface area (Å²) in [5.41, 5.74) is 0.0432. The van der Waals surface area contributed by atoms with Gasteiger partial charge in [0.2, 0.25) is 5.91 Å². The number of aliphatic hydroxyl groups is 1. The third kappa shape index (κ3) is 9.10. The number of nitrogens with one attached hydrogen (secondary N) is 2. The number of hydrogen-bond acceptors (Lipinski definition) is 6. The first-order valence-corrected chi connectivity index (χ1v) is 10.2. The predicted octanol–water partition coefficient (Wildman–Crippen LogP) is 2.58. The molecule has 3 N–H and O–H groups in total. The number of rotatable bonds is 10. The van der Waals surface area contributed by atoms with Crippen molar-refractivity contribution < 1.29 is 42.1 Å². The lowest BCUT2D eigenvalue weighted by Gasteiger charge is -2.19. The van der Waals surface area contributed by atoms with Crippen LogP contribution in [0.4, 0.5) is 18.0 Å². The number of carbonyl (C=O) groups excluding carboxylic acids is 3. The molecule has 2 amide bonds. The van der Waals surface area contributed by atoms with Crippen molar-refractivity contribution >= 4 is 18.0 Å². The van der Waals surface area contributed by atoms with Gasteiger partial charge < -0.3 is 25.2 Å². The Bertz CT molecular complexity index is 969. The smallest absolute Gasteiger partial charge is 0.416 e. The molecule has 2 atom stereocenters. The number of hydrogen-bond donors (Lipinski definition) is 3. The molecule has 0 fully saturated rings. The second-order valence-corrected chi connectivity index (χ2v) is 7.35. The Morgan fingerprint density at radius 3 is 2.35 bits per heavy atom. The quantitative estimate of drug-likeness (QED) is 0.449. The van der Waals surface area contributed by atoms with Crippen molar-refractivity contribution in [2.75, 3.05) is 13.7 Å². The molecule has 0 bridgehead atoms. The number of carbonyl (C=O) groups is 3. The summed E-state index contributed by atoms with van der Waals surface area (Å²) in [6.45, 7) is -0.267. The summed E-state index contributed by atoms with van der Waals surface area (Å²) in [5, 5.41) is 14.7. The van der Waals surface area contributed by atoms with Crippen molar-refractivity contribution in [1.82, 2.24) is 10.6 Å². The van der Waals surface area contributed by atoms with Crippen molar-refractivity contribution in [2.45, 2.75) is 37.8 Å². The van der Waals surface area contributed by atoms with E-state index in [0.717, 1.165) is 24.8 Å². The molecule has 0 unspecified atom stereocenters. The highest BCUT2D eigenvalue weighted by molar-refractivity contribution is 5.85. The normalized spacial score (nSPS) is 12.9. The first kappa shape index (κ1) is 26.7. The molecule has 0 aliphatic rings. The molecule has 2 rings (SSSR count). The number of halogens is 3. The van der Waals surface area contributed by atoms with Crippen LogP contribution < -0.4 is 10.6 Å². The topological polar surface area (TPSA) is 114 Å². The molecule has 34 heavy (non-hydrogen) atoms. The van der Waals surface area contributed by atoms with Crippen LogP contribution in [-0.4, -0.2) is 48.9 Å². The lowest BCUT2D eigenvalue weighted by atomic mass is 10.0. The number of methoxy groups -OCH3 is 1. The number of aliphatic hydroxyl groups excluding tert-OH is 1. The molecule has 0 saturated carbocycles. The van der Waals surface area contributed by atoms with Gasteiger partial charge in [-0.2, -0.15) is 13.2 Å². The van der Waals surface area contributed by atoms with Crippen molar-refractivity contribution in [2.24, 2.45) is 0 Å². The zero-order valence-electron chi connectivity index (χ0n) is 18.3. The monoisotopic (exact) mass is 482 g/mol. The van der Waals surface area contributed by atoms with Crippen LogP contribution in [0.3, 0.4) is 0 Å². The Hall–Kier alpha value is -3.60. The highest BCUT2D eigenvalue weighted by Gasteiger charge is 2.31. The fraction of sp³-hybridized carbons (Fsp3) is 0.348. The molecule has 184 valence electrons. The minimum Gasteiger partial charge on any atom is -0.467 e. The molecule has 0 saturated heterocycles. The van der Waals surface area contributed by atoms with Crippen LogP contribution in [0.1, 0.15) is 23.1 Å². The number of alkyl carbamates (subject to hydrolysis) is 1. The maximum absolute atomic E-state index is 12.9. The van der Waals surface area contributed by atoms with E-state index in [4.69, 9.17) is 4.74 Å². The molecule has 0 aliphatic carbocycles. The van der Waals surface area contributed by atoms with Crippen LogP contribution in [0.5, 0.6) is 0 Å². The lowest BCUT2D eigenvalue weighted by molar-refractivity contribution is -0.145. The third-order valence-electron chi connectivity index (χ3n) is 4.63. The average molecular weight is 482 g/mol. The predicted molar refractivity (Wildman–Crippen MR) is 114 cm³/mol. The van der Waals surface area contributed by atoms with Gasteiger partial charge in [-0.15, -0.1) is 0 Å². The van der Waals surface area contributed by atoms with Crippen LogP contribution in [0, 0.1) is 0 Å². The Morgan fingerprint density at radius 2 is 1.71 bits per heavy atom. The first-order valence-electron chi connectivity index (χ1n) is 10.2. The Kier molecular flexibility index (Phi) is 9.87. The first-order chi connectivity index (χ1) is 16.1. The van der Waals surface area contributed by atoms with E-state index in [2.05, 4.69) is 15.4 Å². The zero-order chi connectivity index (χ0) is 25.1. The summed E-state index contributed by atoms with van der Waals surface area (Å²) in [6.07, 6.45) is -7.37. The van der Waals surface area contributed by atoms with Gasteiger partial charge in [-0.1, -0.05) is 48.5 Å². The average Bonchev–Trinajstić information content (AvgIpc) is 2.80. The number of benzene rings is 2. The Balaban J connectivity index is 1.84. The SMILES string of the molecule is COC(=O)[C@H](Cc1cccc(C(F)(F)F)c1)NC(=O)C[C@@H](O)CNC(=O)OCc1ccccc1. The molecule has 0 radical (unpaired) electrons. The number of alkyl halides is 3. The minimum absolute atomic E-state index is 0.0274. The molecule has 2 aromatic carbocycles. The summed E-state index contributed by atoms with van der Waals surface area (Å²) in [6, 6.07) is 12.0. The summed E-state index contributed by atoms with van der Waals surface area (Å²) >= 11 is 0. The van der Waals surface area contributed by atoms with Gasteiger partial charge in [0.25, 0.3) is 0 Å². The van der Waals surface area contributed by atoms with Crippen molar-refractivity contribution in [3.63, 3.8) is 0 Å². The standard InChI is InChI=1S/C23H25F3N2O6/c1-33-21(31)19(11-16-8-5-9-17(10-16)23(24,25)26)28-20(30)12-18(29)13-27-22(32)34-14-15-6-3-2-4-7-15/h2-10,18-19,29H,11-14H2,1H3,(H,27,32)(H,28,30)/t18-,19+/m1/s1. The van der Waals surface area contributed by atoms with Crippen molar-refractivity contribution in [1.29, 1.82) is 0 Å². The van der Waals surface area contributed by atoms with E-state index in [1.54, 1.807) is 24.3 Å². The molecule has 0 heterocycles. The molecule has 11 heteroatoms. The second-order valence-electron chi connectivity index (χ2n) is 7.35. The van der Waals surface area contributed by atoms with Crippen LogP contribution >= 0.6 is 0 Å². The lowest BCUT2D eigenvalue weighted by Crippen LogP contribution is -2.45. The fourth-order valence-electron chi connectivity index (χ4n) is 2.96. The maximum atomic E-state index is 12.9. The van der Waals surface area contributed by atoms with Gasteiger partial charge in [0.1, 0.15) is 12.6 Å². The Morgan fingerprint density at radius 1 is 1.03 bits per heavy atom. The second kappa shape index (κ2) is 12.6. The van der Waals surface area contributed by atoms with E-state index >= 15 is 0 Å². The van der Waals surface area contributed by atoms with Gasteiger partial charge >= 0.3 is 18.2 Å². The summed E-state index contributed by atoms with van der Waals surface area (Å²) < 4.78 is 48.4. The van der Waals surface area contributed by atoms with Gasteiger partial charge in [0, 0.05) is 13.0 Å². The van der Waals surface area contributed by atoms with Gasteiger partial charge in [-0.25, -0.2) is 9.59 Å². The van der Waals surface area contributed by atoms with Gasteiger partial charge in [-0.3, -0.25) is 4.79 Å². The molecule has 0 aliphatic heterocycles. The largest absolute Gasteiger partial charge is 0.467 e.